The summed E-state index contributed by atoms with van der Waals surface area (Å²) in [5, 5.41) is 0. The van der Waals surface area contributed by atoms with Crippen molar-refractivity contribution in [2.45, 2.75) is 77.6 Å². The Labute approximate surface area is 287 Å². The zero-order valence-corrected chi connectivity index (χ0v) is 29.5. The highest BCUT2D eigenvalue weighted by atomic mass is 19.1. The van der Waals surface area contributed by atoms with E-state index in [4.69, 9.17) is 14.5 Å². The summed E-state index contributed by atoms with van der Waals surface area (Å²) in [6.07, 6.45) is 1.99. The molecule has 10 nitrogen and oxygen atoms in total. The second-order valence-corrected chi connectivity index (χ2v) is 15.2. The molecular formula is C38H46FN5O5. The van der Waals surface area contributed by atoms with Gasteiger partial charge in [0.2, 0.25) is 5.91 Å². The Balaban J connectivity index is 1.24. The van der Waals surface area contributed by atoms with Gasteiger partial charge in [-0.05, 0) is 87.2 Å². The molecule has 260 valence electrons. The van der Waals surface area contributed by atoms with Gasteiger partial charge in [0.25, 0.3) is 5.91 Å². The van der Waals surface area contributed by atoms with Crippen molar-refractivity contribution in [2.24, 2.45) is 0 Å². The van der Waals surface area contributed by atoms with E-state index in [1.807, 2.05) is 50.9 Å². The molecule has 0 bridgehead atoms. The van der Waals surface area contributed by atoms with Gasteiger partial charge in [-0.2, -0.15) is 0 Å². The number of halogens is 1. The van der Waals surface area contributed by atoms with Crippen LogP contribution in [0.3, 0.4) is 0 Å². The molecule has 0 radical (unpaired) electrons. The molecule has 0 unspecified atom stereocenters. The van der Waals surface area contributed by atoms with Gasteiger partial charge < -0.3 is 24.2 Å². The first kappa shape index (κ1) is 34.4. The zero-order chi connectivity index (χ0) is 35.2. The third-order valence-corrected chi connectivity index (χ3v) is 9.58. The molecule has 1 saturated heterocycles. The van der Waals surface area contributed by atoms with Crippen molar-refractivity contribution in [1.82, 2.24) is 19.7 Å². The van der Waals surface area contributed by atoms with E-state index in [1.165, 1.54) is 12.1 Å². The number of hydrogen-bond donors (Lipinski definition) is 0. The van der Waals surface area contributed by atoms with Crippen LogP contribution in [0.1, 0.15) is 74.3 Å². The highest BCUT2D eigenvalue weighted by Crippen LogP contribution is 2.40. The number of benzene rings is 2. The molecular weight excluding hydrogens is 625 g/mol. The summed E-state index contributed by atoms with van der Waals surface area (Å²) in [6.45, 7) is 13.7. The number of ether oxygens (including phenoxy) is 2. The molecule has 0 N–H and O–H groups in total. The van der Waals surface area contributed by atoms with Crippen LogP contribution in [0.25, 0.3) is 0 Å². The van der Waals surface area contributed by atoms with Crippen LogP contribution in [0.2, 0.25) is 0 Å². The Morgan fingerprint density at radius 3 is 2.47 bits per heavy atom. The van der Waals surface area contributed by atoms with Crippen molar-refractivity contribution in [3.8, 4) is 5.75 Å². The Kier molecular flexibility index (Phi) is 9.17. The summed E-state index contributed by atoms with van der Waals surface area (Å²) in [4.78, 5) is 53.4. The molecule has 3 aliphatic heterocycles. The van der Waals surface area contributed by atoms with Crippen molar-refractivity contribution >= 4 is 23.6 Å². The van der Waals surface area contributed by atoms with Gasteiger partial charge in [0, 0.05) is 62.0 Å². The minimum absolute atomic E-state index is 0.0729. The lowest BCUT2D eigenvalue weighted by atomic mass is 9.91. The number of aromatic nitrogens is 1. The molecule has 0 saturated carbocycles. The Morgan fingerprint density at radius 2 is 1.78 bits per heavy atom. The summed E-state index contributed by atoms with van der Waals surface area (Å²) in [5.41, 5.74) is 4.04. The van der Waals surface area contributed by atoms with Crippen molar-refractivity contribution in [2.75, 3.05) is 44.7 Å². The lowest BCUT2D eigenvalue weighted by molar-refractivity contribution is -0.121. The number of amides is 3. The average Bonchev–Trinajstić information content (AvgIpc) is 3.49. The van der Waals surface area contributed by atoms with E-state index in [2.05, 4.69) is 18.7 Å². The van der Waals surface area contributed by atoms with E-state index >= 15 is 0 Å². The molecule has 1 aromatic heterocycles. The minimum atomic E-state index is -0.662. The highest BCUT2D eigenvalue weighted by molar-refractivity contribution is 5.99. The molecule has 49 heavy (non-hydrogen) atoms. The lowest BCUT2D eigenvalue weighted by Crippen LogP contribution is -2.63. The first-order valence-electron chi connectivity index (χ1n) is 16.9. The lowest BCUT2D eigenvalue weighted by Gasteiger charge is -2.46. The van der Waals surface area contributed by atoms with Gasteiger partial charge in [-0.25, -0.2) is 9.18 Å². The number of pyridine rings is 1. The van der Waals surface area contributed by atoms with Gasteiger partial charge in [-0.15, -0.1) is 0 Å². The normalized spacial score (nSPS) is 20.3. The monoisotopic (exact) mass is 671 g/mol. The standard InChI is InChI=1S/C38H46FN5O5/c1-24-18-41(22-33(45)44-23-38(5,6)34-32(44)15-26(17-40-34)14-25-8-10-28(39)11-9-25)29(21-43(24)36(47)49-37(2,3)4)20-42-19-27-16-30(48-7)12-13-31(27)35(42)46/h8-13,15-17,24,29H,14,18-23H2,1-7H3/t24-,29+/m1/s1. The number of carbonyl (C=O) groups is 3. The molecule has 2 aromatic carbocycles. The van der Waals surface area contributed by atoms with E-state index in [-0.39, 0.29) is 41.7 Å². The summed E-state index contributed by atoms with van der Waals surface area (Å²) >= 11 is 0. The van der Waals surface area contributed by atoms with Crippen LogP contribution >= 0.6 is 0 Å². The second kappa shape index (κ2) is 13.1. The summed E-state index contributed by atoms with van der Waals surface area (Å²) in [7, 11) is 1.60. The summed E-state index contributed by atoms with van der Waals surface area (Å²) in [6, 6.07) is 13.4. The predicted molar refractivity (Wildman–Crippen MR) is 184 cm³/mol. The second-order valence-electron chi connectivity index (χ2n) is 15.2. The van der Waals surface area contributed by atoms with Crippen LogP contribution in [-0.2, 0) is 27.9 Å². The fraction of sp³-hybridized carbons (Fsp3) is 0.474. The smallest absolute Gasteiger partial charge is 0.410 e. The van der Waals surface area contributed by atoms with Gasteiger partial charge in [0.15, 0.2) is 0 Å². The topological polar surface area (TPSA) is 95.5 Å². The Bertz CT molecular complexity index is 1750. The maximum Gasteiger partial charge on any atom is 0.410 e. The molecule has 0 aliphatic carbocycles. The van der Waals surface area contributed by atoms with Crippen LogP contribution in [0.5, 0.6) is 5.75 Å². The fourth-order valence-corrected chi connectivity index (χ4v) is 7.13. The van der Waals surface area contributed by atoms with E-state index in [1.54, 1.807) is 41.2 Å². The first-order valence-corrected chi connectivity index (χ1v) is 16.9. The van der Waals surface area contributed by atoms with E-state index in [9.17, 15) is 18.8 Å². The van der Waals surface area contributed by atoms with E-state index in [0.717, 1.165) is 28.1 Å². The van der Waals surface area contributed by atoms with Crippen molar-refractivity contribution < 1.29 is 28.2 Å². The van der Waals surface area contributed by atoms with Crippen molar-refractivity contribution in [3.63, 3.8) is 0 Å². The molecule has 6 rings (SSSR count). The number of fused-ring (bicyclic) bond motifs is 2. The number of piperazine rings is 1. The third-order valence-electron chi connectivity index (χ3n) is 9.58. The first-order chi connectivity index (χ1) is 23.1. The quantitative estimate of drug-likeness (QED) is 0.332. The average molecular weight is 672 g/mol. The summed E-state index contributed by atoms with van der Waals surface area (Å²) < 4.78 is 24.7. The molecule has 4 heterocycles. The van der Waals surface area contributed by atoms with Crippen LogP contribution in [0, 0.1) is 5.82 Å². The van der Waals surface area contributed by atoms with Crippen LogP contribution < -0.4 is 9.64 Å². The van der Waals surface area contributed by atoms with Gasteiger partial charge in [-0.1, -0.05) is 26.0 Å². The highest BCUT2D eigenvalue weighted by Gasteiger charge is 2.43. The zero-order valence-electron chi connectivity index (χ0n) is 29.5. The number of carbonyl (C=O) groups excluding carboxylic acids is 3. The van der Waals surface area contributed by atoms with Crippen LogP contribution in [-0.4, -0.2) is 95.1 Å². The molecule has 11 heteroatoms. The van der Waals surface area contributed by atoms with E-state index < -0.39 is 11.7 Å². The van der Waals surface area contributed by atoms with Gasteiger partial charge in [0.1, 0.15) is 17.2 Å². The molecule has 3 amide bonds. The van der Waals surface area contributed by atoms with Crippen molar-refractivity contribution in [3.05, 3.63) is 88.5 Å². The van der Waals surface area contributed by atoms with Gasteiger partial charge >= 0.3 is 6.09 Å². The van der Waals surface area contributed by atoms with Crippen molar-refractivity contribution in [1.29, 1.82) is 0 Å². The fourth-order valence-electron chi connectivity index (χ4n) is 7.13. The minimum Gasteiger partial charge on any atom is -0.497 e. The number of nitrogens with zero attached hydrogens (tertiary/aromatic N) is 5. The molecule has 3 aliphatic rings. The Hall–Kier alpha value is -4.51. The van der Waals surface area contributed by atoms with Crippen LogP contribution in [0.15, 0.2) is 54.7 Å². The predicted octanol–water partition coefficient (Wildman–Crippen LogP) is 5.41. The van der Waals surface area contributed by atoms with Crippen LogP contribution in [0.4, 0.5) is 14.9 Å². The molecule has 2 atom stereocenters. The Morgan fingerprint density at radius 1 is 1.04 bits per heavy atom. The molecule has 0 spiro atoms. The number of anilines is 1. The van der Waals surface area contributed by atoms with E-state index in [0.29, 0.717) is 50.5 Å². The van der Waals surface area contributed by atoms with Gasteiger partial charge in [-0.3, -0.25) is 19.5 Å². The number of rotatable bonds is 7. The molecule has 3 aromatic rings. The summed E-state index contributed by atoms with van der Waals surface area (Å²) in [5.74, 6) is 0.248. The number of methoxy groups -OCH3 is 1. The van der Waals surface area contributed by atoms with Gasteiger partial charge in [0.05, 0.1) is 25.0 Å². The maximum absolute atomic E-state index is 14.3. The SMILES string of the molecule is COc1ccc2c(c1)CN(C[C@H]1CN(C(=O)OC(C)(C)C)[C@H](C)CN1CC(=O)N1CC(C)(C)c3ncc(Cc4ccc(F)cc4)cc31)C2=O. The largest absolute Gasteiger partial charge is 0.497 e. The number of hydrogen-bond acceptors (Lipinski definition) is 7. The molecule has 1 fully saturated rings. The third kappa shape index (κ3) is 7.27. The maximum atomic E-state index is 14.3.